The van der Waals surface area contributed by atoms with Crippen LogP contribution in [0, 0.1) is 23.2 Å². The molecule has 2 atom stereocenters. The van der Waals surface area contributed by atoms with E-state index in [1.165, 1.54) is 12.7 Å². The lowest BCUT2D eigenvalue weighted by Crippen LogP contribution is -2.43. The van der Waals surface area contributed by atoms with Gasteiger partial charge in [0.25, 0.3) is 0 Å². The molecule has 1 aromatic carbocycles. The van der Waals surface area contributed by atoms with Gasteiger partial charge in [0.1, 0.15) is 0 Å². The van der Waals surface area contributed by atoms with Crippen LogP contribution in [0.2, 0.25) is 0 Å². The zero-order chi connectivity index (χ0) is 13.7. The van der Waals surface area contributed by atoms with Crippen LogP contribution in [0.3, 0.4) is 0 Å². The van der Waals surface area contributed by atoms with E-state index in [-0.39, 0.29) is 17.8 Å². The average molecular weight is 258 g/mol. The quantitative estimate of drug-likeness (QED) is 0.776. The number of rotatable bonds is 3. The van der Waals surface area contributed by atoms with Crippen molar-refractivity contribution in [3.8, 4) is 6.07 Å². The maximum Gasteiger partial charge on any atom is 0.311 e. The summed E-state index contributed by atoms with van der Waals surface area (Å²) in [6.45, 7) is 2.26. The van der Waals surface area contributed by atoms with Crippen LogP contribution in [-0.4, -0.2) is 31.1 Å². The molecule has 4 nitrogen and oxygen atoms in total. The van der Waals surface area contributed by atoms with Gasteiger partial charge in [-0.05, 0) is 18.5 Å². The Labute approximate surface area is 113 Å². The van der Waals surface area contributed by atoms with Crippen LogP contribution >= 0.6 is 0 Å². The van der Waals surface area contributed by atoms with E-state index >= 15 is 0 Å². The second-order valence-corrected chi connectivity index (χ2v) is 4.87. The van der Waals surface area contributed by atoms with Gasteiger partial charge in [0.05, 0.1) is 25.0 Å². The predicted octanol–water partition coefficient (Wildman–Crippen LogP) is 1.82. The minimum Gasteiger partial charge on any atom is -0.469 e. The summed E-state index contributed by atoms with van der Waals surface area (Å²) in [5.41, 5.74) is 1.22. The molecular weight excluding hydrogens is 240 g/mol. The van der Waals surface area contributed by atoms with Crippen LogP contribution in [0.25, 0.3) is 0 Å². The van der Waals surface area contributed by atoms with E-state index in [1.54, 1.807) is 0 Å². The van der Waals surface area contributed by atoms with Gasteiger partial charge in [-0.1, -0.05) is 30.3 Å². The number of nitriles is 1. The summed E-state index contributed by atoms with van der Waals surface area (Å²) in [4.78, 5) is 13.9. The number of nitrogens with zero attached hydrogens (tertiary/aromatic N) is 2. The summed E-state index contributed by atoms with van der Waals surface area (Å²) >= 11 is 0. The van der Waals surface area contributed by atoms with E-state index in [4.69, 9.17) is 10.00 Å². The van der Waals surface area contributed by atoms with E-state index in [2.05, 4.69) is 23.1 Å². The monoisotopic (exact) mass is 258 g/mol. The molecule has 4 heteroatoms. The molecule has 100 valence electrons. The van der Waals surface area contributed by atoms with E-state index in [0.717, 1.165) is 19.5 Å². The third-order valence-electron chi connectivity index (χ3n) is 3.62. The number of hydrogen-bond donors (Lipinski definition) is 0. The molecule has 1 saturated heterocycles. The highest BCUT2D eigenvalue weighted by atomic mass is 16.5. The molecule has 1 fully saturated rings. The van der Waals surface area contributed by atoms with Gasteiger partial charge in [-0.15, -0.1) is 0 Å². The van der Waals surface area contributed by atoms with Crippen LogP contribution in [-0.2, 0) is 16.1 Å². The molecule has 0 bridgehead atoms. The van der Waals surface area contributed by atoms with Gasteiger partial charge in [0, 0.05) is 13.1 Å². The van der Waals surface area contributed by atoms with Crippen molar-refractivity contribution in [2.24, 2.45) is 11.8 Å². The molecule has 0 radical (unpaired) electrons. The lowest BCUT2D eigenvalue weighted by molar-refractivity contribution is -0.148. The molecule has 0 N–H and O–H groups in total. The third-order valence-corrected chi connectivity index (χ3v) is 3.62. The van der Waals surface area contributed by atoms with Gasteiger partial charge in [-0.3, -0.25) is 9.69 Å². The molecule has 0 aromatic heterocycles. The fourth-order valence-electron chi connectivity index (χ4n) is 2.55. The molecular formula is C15H18N2O2. The number of likely N-dealkylation sites (tertiary alicyclic amines) is 1. The second-order valence-electron chi connectivity index (χ2n) is 4.87. The number of benzene rings is 1. The first kappa shape index (κ1) is 13.6. The Morgan fingerprint density at radius 1 is 1.47 bits per heavy atom. The number of carbonyl (C=O) groups is 1. The van der Waals surface area contributed by atoms with Crippen molar-refractivity contribution in [2.75, 3.05) is 20.2 Å². The SMILES string of the molecule is COC(=O)[C@@H]1CN(Cc2ccccc2)CC[C@H]1C#N. The summed E-state index contributed by atoms with van der Waals surface area (Å²) in [6, 6.07) is 12.4. The molecule has 1 aliphatic heterocycles. The van der Waals surface area contributed by atoms with E-state index < -0.39 is 0 Å². The van der Waals surface area contributed by atoms with Crippen molar-refractivity contribution in [3.63, 3.8) is 0 Å². The molecule has 2 rings (SSSR count). The van der Waals surface area contributed by atoms with Crippen molar-refractivity contribution < 1.29 is 9.53 Å². The Hall–Kier alpha value is -1.86. The molecule has 1 heterocycles. The highest BCUT2D eigenvalue weighted by molar-refractivity contribution is 5.73. The standard InChI is InChI=1S/C15H18N2O2/c1-19-15(18)14-11-17(8-7-13(14)9-16)10-12-5-3-2-4-6-12/h2-6,13-14H,7-8,10-11H2,1H3/t13-,14+/m0/s1. The van der Waals surface area contributed by atoms with Crippen molar-refractivity contribution in [1.82, 2.24) is 4.90 Å². The molecule has 0 unspecified atom stereocenters. The zero-order valence-corrected chi connectivity index (χ0v) is 11.1. The molecule has 0 spiro atoms. The van der Waals surface area contributed by atoms with Crippen molar-refractivity contribution >= 4 is 5.97 Å². The van der Waals surface area contributed by atoms with Gasteiger partial charge in [0.15, 0.2) is 0 Å². The van der Waals surface area contributed by atoms with Crippen LogP contribution in [0.5, 0.6) is 0 Å². The average Bonchev–Trinajstić information content (AvgIpc) is 2.47. The fourth-order valence-corrected chi connectivity index (χ4v) is 2.55. The maximum atomic E-state index is 11.7. The highest BCUT2D eigenvalue weighted by Crippen LogP contribution is 2.25. The molecule has 0 saturated carbocycles. The van der Waals surface area contributed by atoms with E-state index in [9.17, 15) is 4.79 Å². The minimum absolute atomic E-state index is 0.223. The van der Waals surface area contributed by atoms with Crippen LogP contribution in [0.4, 0.5) is 0 Å². The summed E-state index contributed by atoms with van der Waals surface area (Å²) in [5.74, 6) is -0.823. The number of hydrogen-bond acceptors (Lipinski definition) is 4. The van der Waals surface area contributed by atoms with Crippen LogP contribution < -0.4 is 0 Å². The second kappa shape index (κ2) is 6.35. The predicted molar refractivity (Wildman–Crippen MR) is 70.9 cm³/mol. The Morgan fingerprint density at radius 3 is 2.84 bits per heavy atom. The van der Waals surface area contributed by atoms with Crippen molar-refractivity contribution in [2.45, 2.75) is 13.0 Å². The first-order valence-electron chi connectivity index (χ1n) is 6.48. The smallest absolute Gasteiger partial charge is 0.311 e. The topological polar surface area (TPSA) is 53.3 Å². The molecule has 1 aromatic rings. The first-order chi connectivity index (χ1) is 9.24. The number of ether oxygens (including phenoxy) is 1. The van der Waals surface area contributed by atoms with Gasteiger partial charge >= 0.3 is 5.97 Å². The number of carbonyl (C=O) groups excluding carboxylic acids is 1. The lowest BCUT2D eigenvalue weighted by Gasteiger charge is -2.34. The summed E-state index contributed by atoms with van der Waals surface area (Å²) in [5, 5.41) is 9.11. The molecule has 0 aliphatic carbocycles. The maximum absolute atomic E-state index is 11.7. The Bertz CT molecular complexity index is 467. The van der Waals surface area contributed by atoms with Gasteiger partial charge in [-0.2, -0.15) is 5.26 Å². The molecule has 19 heavy (non-hydrogen) atoms. The zero-order valence-electron chi connectivity index (χ0n) is 11.1. The number of piperidine rings is 1. The molecule has 1 aliphatic rings. The van der Waals surface area contributed by atoms with Gasteiger partial charge in [0.2, 0.25) is 0 Å². The molecule has 0 amide bonds. The van der Waals surface area contributed by atoms with Crippen LogP contribution in [0.15, 0.2) is 30.3 Å². The minimum atomic E-state index is -0.326. The summed E-state index contributed by atoms with van der Waals surface area (Å²) in [7, 11) is 1.38. The van der Waals surface area contributed by atoms with Crippen molar-refractivity contribution in [1.29, 1.82) is 5.26 Å². The Morgan fingerprint density at radius 2 is 2.21 bits per heavy atom. The highest BCUT2D eigenvalue weighted by Gasteiger charge is 2.35. The summed E-state index contributed by atoms with van der Waals surface area (Å²) < 4.78 is 4.80. The third kappa shape index (κ3) is 3.33. The van der Waals surface area contributed by atoms with Crippen LogP contribution in [0.1, 0.15) is 12.0 Å². The van der Waals surface area contributed by atoms with Gasteiger partial charge in [-0.25, -0.2) is 0 Å². The first-order valence-corrected chi connectivity index (χ1v) is 6.48. The van der Waals surface area contributed by atoms with Crippen molar-refractivity contribution in [3.05, 3.63) is 35.9 Å². The number of methoxy groups -OCH3 is 1. The Kier molecular flexibility index (Phi) is 4.53. The summed E-state index contributed by atoms with van der Waals surface area (Å²) in [6.07, 6.45) is 0.725. The Balaban J connectivity index is 2.02. The fraction of sp³-hybridized carbons (Fsp3) is 0.467. The lowest BCUT2D eigenvalue weighted by atomic mass is 9.86. The van der Waals surface area contributed by atoms with E-state index in [1.807, 2.05) is 18.2 Å². The largest absolute Gasteiger partial charge is 0.469 e. The van der Waals surface area contributed by atoms with Gasteiger partial charge < -0.3 is 4.74 Å². The normalized spacial score (nSPS) is 23.6. The number of esters is 1. The van der Waals surface area contributed by atoms with E-state index in [0.29, 0.717) is 6.54 Å².